The zero-order valence-electron chi connectivity index (χ0n) is 20.5. The van der Waals surface area contributed by atoms with E-state index in [9.17, 15) is 25.0 Å². The van der Waals surface area contributed by atoms with Crippen LogP contribution in [0.3, 0.4) is 0 Å². The molecule has 1 fully saturated rings. The van der Waals surface area contributed by atoms with Gasteiger partial charge in [0.25, 0.3) is 0 Å². The SMILES string of the molecule is CC(C)P(=O)(COc1ccc(Cc2cc([C@@H]3O[C@H](CO)[C@@H](O)[C@H](O)[C@H]3O)ccc2Cl)cc1)C(C)C. The first-order valence-corrected chi connectivity index (χ1v) is 14.3. The molecule has 5 atom stereocenters. The van der Waals surface area contributed by atoms with E-state index in [1.807, 2.05) is 52.0 Å². The van der Waals surface area contributed by atoms with E-state index >= 15 is 0 Å². The largest absolute Gasteiger partial charge is 0.486 e. The third-order valence-corrected chi connectivity index (χ3v) is 11.2. The normalized spacial score (nSPS) is 25.3. The summed E-state index contributed by atoms with van der Waals surface area (Å²) in [7, 11) is -2.46. The van der Waals surface area contributed by atoms with E-state index in [1.54, 1.807) is 18.2 Å². The minimum absolute atomic E-state index is 0.0555. The first kappa shape index (κ1) is 28.1. The fourth-order valence-electron chi connectivity index (χ4n) is 4.28. The minimum Gasteiger partial charge on any atom is -0.486 e. The van der Waals surface area contributed by atoms with E-state index in [2.05, 4.69) is 0 Å². The van der Waals surface area contributed by atoms with Crippen molar-refractivity contribution in [1.29, 1.82) is 0 Å². The van der Waals surface area contributed by atoms with Crippen LogP contribution in [-0.2, 0) is 15.7 Å². The Morgan fingerprint density at radius 3 is 2.17 bits per heavy atom. The molecule has 0 spiro atoms. The molecule has 1 saturated heterocycles. The molecule has 1 heterocycles. The Labute approximate surface area is 212 Å². The minimum atomic E-state index is -2.46. The van der Waals surface area contributed by atoms with E-state index in [4.69, 9.17) is 21.1 Å². The molecule has 0 saturated carbocycles. The van der Waals surface area contributed by atoms with Gasteiger partial charge in [-0.3, -0.25) is 0 Å². The van der Waals surface area contributed by atoms with Crippen molar-refractivity contribution in [2.75, 3.05) is 13.0 Å². The van der Waals surface area contributed by atoms with E-state index in [0.29, 0.717) is 22.8 Å². The number of hydrogen-bond acceptors (Lipinski definition) is 7. The number of benzene rings is 2. The highest BCUT2D eigenvalue weighted by Crippen LogP contribution is 2.54. The lowest BCUT2D eigenvalue weighted by Gasteiger charge is -2.40. The maximum Gasteiger partial charge on any atom is 0.141 e. The topological polar surface area (TPSA) is 116 Å². The smallest absolute Gasteiger partial charge is 0.141 e. The van der Waals surface area contributed by atoms with Crippen LogP contribution in [0.1, 0.15) is 50.5 Å². The monoisotopic (exact) mass is 526 g/mol. The first-order valence-electron chi connectivity index (χ1n) is 11.9. The van der Waals surface area contributed by atoms with Crippen molar-refractivity contribution in [2.45, 2.75) is 76.0 Å². The third-order valence-electron chi connectivity index (χ3n) is 6.79. The maximum absolute atomic E-state index is 13.2. The summed E-state index contributed by atoms with van der Waals surface area (Å²) in [5, 5.41) is 40.6. The average Bonchev–Trinajstić information content (AvgIpc) is 2.83. The summed E-state index contributed by atoms with van der Waals surface area (Å²) in [6.07, 6.45) is -5.41. The highest BCUT2D eigenvalue weighted by molar-refractivity contribution is 7.65. The van der Waals surface area contributed by atoms with Crippen LogP contribution in [-0.4, -0.2) is 69.1 Å². The molecular formula is C26H36ClO7P. The van der Waals surface area contributed by atoms with E-state index in [0.717, 1.165) is 11.1 Å². The lowest BCUT2D eigenvalue weighted by molar-refractivity contribution is -0.231. The zero-order chi connectivity index (χ0) is 25.9. The summed E-state index contributed by atoms with van der Waals surface area (Å²) in [6.45, 7) is 7.38. The Morgan fingerprint density at radius 2 is 1.60 bits per heavy atom. The number of halogens is 1. The first-order chi connectivity index (χ1) is 16.5. The predicted octanol–water partition coefficient (Wildman–Crippen LogP) is 3.96. The zero-order valence-corrected chi connectivity index (χ0v) is 22.2. The van der Waals surface area contributed by atoms with Gasteiger partial charge >= 0.3 is 0 Å². The van der Waals surface area contributed by atoms with Crippen LogP contribution in [0.25, 0.3) is 0 Å². The Bertz CT molecular complexity index is 1010. The molecule has 35 heavy (non-hydrogen) atoms. The van der Waals surface area contributed by atoms with Crippen molar-refractivity contribution in [3.05, 3.63) is 64.2 Å². The quantitative estimate of drug-likeness (QED) is 0.365. The molecule has 0 bridgehead atoms. The van der Waals surface area contributed by atoms with Gasteiger partial charge in [-0.1, -0.05) is 63.6 Å². The Morgan fingerprint density at radius 1 is 0.971 bits per heavy atom. The fraction of sp³-hybridized carbons (Fsp3) is 0.538. The molecule has 1 aliphatic heterocycles. The van der Waals surface area contributed by atoms with E-state index in [-0.39, 0.29) is 17.7 Å². The second kappa shape index (κ2) is 11.7. The standard InChI is InChI=1S/C26H36ClO7P/c1-15(2)35(32,16(3)4)14-33-20-8-5-17(6-9-20)11-19-12-18(7-10-21(19)27)26-25(31)24(30)23(29)22(13-28)34-26/h5-10,12,15-16,22-26,28-31H,11,13-14H2,1-4H3/t22-,23-,24+,25-,26+/m1/s1. The van der Waals surface area contributed by atoms with Gasteiger partial charge in [0.2, 0.25) is 0 Å². The molecule has 7 nitrogen and oxygen atoms in total. The van der Waals surface area contributed by atoms with Crippen LogP contribution in [0.5, 0.6) is 5.75 Å². The lowest BCUT2D eigenvalue weighted by atomic mass is 9.90. The molecule has 2 aromatic carbocycles. The van der Waals surface area contributed by atoms with Crippen molar-refractivity contribution in [2.24, 2.45) is 0 Å². The fourth-order valence-corrected chi connectivity index (χ4v) is 6.60. The van der Waals surface area contributed by atoms with Crippen LogP contribution in [0.15, 0.2) is 42.5 Å². The second-order valence-corrected chi connectivity index (χ2v) is 14.2. The van der Waals surface area contributed by atoms with Crippen molar-refractivity contribution in [3.8, 4) is 5.75 Å². The Kier molecular flexibility index (Phi) is 9.44. The predicted molar refractivity (Wildman–Crippen MR) is 137 cm³/mol. The van der Waals surface area contributed by atoms with Crippen molar-refractivity contribution in [3.63, 3.8) is 0 Å². The molecule has 0 unspecified atom stereocenters. The van der Waals surface area contributed by atoms with Crippen molar-refractivity contribution < 1.29 is 34.5 Å². The molecule has 3 rings (SSSR count). The molecule has 0 radical (unpaired) electrons. The van der Waals surface area contributed by atoms with E-state index in [1.165, 1.54) is 0 Å². The number of hydrogen-bond donors (Lipinski definition) is 4. The molecule has 0 aliphatic carbocycles. The van der Waals surface area contributed by atoms with Gasteiger partial charge in [0.05, 0.1) is 6.61 Å². The summed E-state index contributed by atoms with van der Waals surface area (Å²) < 4.78 is 24.7. The van der Waals surface area contributed by atoms with Gasteiger partial charge in [0, 0.05) is 16.3 Å². The van der Waals surface area contributed by atoms with Crippen LogP contribution in [0, 0.1) is 0 Å². The number of ether oxygens (including phenoxy) is 2. The third kappa shape index (κ3) is 6.28. The van der Waals surface area contributed by atoms with Gasteiger partial charge in [0.1, 0.15) is 49.8 Å². The number of rotatable bonds is 9. The Hall–Kier alpha value is -1.44. The van der Waals surface area contributed by atoms with Crippen LogP contribution >= 0.6 is 18.7 Å². The molecular weight excluding hydrogens is 491 g/mol. The van der Waals surface area contributed by atoms with Crippen molar-refractivity contribution >= 4 is 18.7 Å². The number of aliphatic hydroxyl groups is 4. The summed E-state index contributed by atoms with van der Waals surface area (Å²) in [4.78, 5) is 0. The average molecular weight is 527 g/mol. The molecule has 1 aliphatic rings. The van der Waals surface area contributed by atoms with Crippen LogP contribution in [0.2, 0.25) is 5.02 Å². The van der Waals surface area contributed by atoms with Crippen LogP contribution < -0.4 is 4.74 Å². The highest BCUT2D eigenvalue weighted by atomic mass is 35.5. The molecule has 0 amide bonds. The highest BCUT2D eigenvalue weighted by Gasteiger charge is 2.44. The van der Waals surface area contributed by atoms with Crippen molar-refractivity contribution in [1.82, 2.24) is 0 Å². The van der Waals surface area contributed by atoms with Gasteiger partial charge in [-0.2, -0.15) is 0 Å². The van der Waals surface area contributed by atoms with Crippen LogP contribution in [0.4, 0.5) is 0 Å². The summed E-state index contributed by atoms with van der Waals surface area (Å²) in [6, 6.07) is 12.7. The van der Waals surface area contributed by atoms with Gasteiger partial charge in [-0.25, -0.2) is 0 Å². The summed E-state index contributed by atoms with van der Waals surface area (Å²) in [5.41, 5.74) is 2.46. The van der Waals surface area contributed by atoms with Gasteiger partial charge < -0.3 is 34.5 Å². The van der Waals surface area contributed by atoms with Gasteiger partial charge in [-0.05, 0) is 41.3 Å². The van der Waals surface area contributed by atoms with E-state index < -0.39 is 44.3 Å². The molecule has 4 N–H and O–H groups in total. The molecule has 0 aromatic heterocycles. The lowest BCUT2D eigenvalue weighted by Crippen LogP contribution is -2.55. The summed E-state index contributed by atoms with van der Waals surface area (Å²) in [5.74, 6) is 0.649. The number of aliphatic hydroxyl groups excluding tert-OH is 4. The molecule has 2 aromatic rings. The van der Waals surface area contributed by atoms with Gasteiger partial charge in [0.15, 0.2) is 0 Å². The summed E-state index contributed by atoms with van der Waals surface area (Å²) >= 11 is 6.43. The second-order valence-electron chi connectivity index (χ2n) is 9.74. The molecule has 194 valence electrons. The van der Waals surface area contributed by atoms with Gasteiger partial charge in [-0.15, -0.1) is 0 Å². The maximum atomic E-state index is 13.2. The Balaban J connectivity index is 1.73. The molecule has 9 heteroatoms.